The molecule has 3 nitrogen and oxygen atoms in total. The first-order chi connectivity index (χ1) is 8.25. The highest BCUT2D eigenvalue weighted by molar-refractivity contribution is 5.47. The van der Waals surface area contributed by atoms with Crippen LogP contribution in [-0.4, -0.2) is 18.6 Å². The number of nitrogens with zero attached hydrogens (tertiary/aromatic N) is 1. The summed E-state index contributed by atoms with van der Waals surface area (Å²) in [5.41, 5.74) is 0.120. The van der Waals surface area contributed by atoms with Crippen LogP contribution in [0.3, 0.4) is 0 Å². The van der Waals surface area contributed by atoms with Crippen LogP contribution in [0.5, 0.6) is 0 Å². The number of anilines is 2. The van der Waals surface area contributed by atoms with Gasteiger partial charge in [-0.3, -0.25) is 0 Å². The molecule has 0 saturated carbocycles. The van der Waals surface area contributed by atoms with Crippen molar-refractivity contribution in [1.82, 2.24) is 4.98 Å². The minimum Gasteiger partial charge on any atom is -0.371 e. The predicted octanol–water partition coefficient (Wildman–Crippen LogP) is 3.50. The van der Waals surface area contributed by atoms with Crippen molar-refractivity contribution in [3.8, 4) is 0 Å². The molecule has 1 atom stereocenters. The SMILES string of the molecule is CNc1nc(NCC(C)C(C)(C)C)c(F)cc1F. The second kappa shape index (κ2) is 5.50. The van der Waals surface area contributed by atoms with Crippen molar-refractivity contribution in [1.29, 1.82) is 0 Å². The van der Waals surface area contributed by atoms with Crippen LogP contribution in [0.4, 0.5) is 20.4 Å². The van der Waals surface area contributed by atoms with Crippen LogP contribution in [0.15, 0.2) is 6.07 Å². The smallest absolute Gasteiger partial charge is 0.168 e. The van der Waals surface area contributed by atoms with Crippen molar-refractivity contribution in [2.24, 2.45) is 11.3 Å². The van der Waals surface area contributed by atoms with Gasteiger partial charge in [0.1, 0.15) is 0 Å². The van der Waals surface area contributed by atoms with Gasteiger partial charge in [0.25, 0.3) is 0 Å². The van der Waals surface area contributed by atoms with Crippen molar-refractivity contribution in [2.75, 3.05) is 24.2 Å². The van der Waals surface area contributed by atoms with E-state index in [-0.39, 0.29) is 17.1 Å². The first-order valence-electron chi connectivity index (χ1n) is 6.03. The van der Waals surface area contributed by atoms with E-state index >= 15 is 0 Å². The van der Waals surface area contributed by atoms with Gasteiger partial charge in [0, 0.05) is 19.7 Å². The van der Waals surface area contributed by atoms with E-state index in [1.54, 1.807) is 7.05 Å². The zero-order valence-electron chi connectivity index (χ0n) is 11.6. The molecule has 0 aliphatic carbocycles. The fourth-order valence-electron chi connectivity index (χ4n) is 1.32. The van der Waals surface area contributed by atoms with Crippen molar-refractivity contribution >= 4 is 11.6 Å². The second-order valence-electron chi connectivity index (χ2n) is 5.55. The number of hydrogen-bond donors (Lipinski definition) is 2. The molecular formula is C13H21F2N3. The van der Waals surface area contributed by atoms with Gasteiger partial charge in [-0.2, -0.15) is 0 Å². The monoisotopic (exact) mass is 257 g/mol. The third kappa shape index (κ3) is 3.55. The minimum atomic E-state index is -0.690. The summed E-state index contributed by atoms with van der Waals surface area (Å²) in [5, 5.41) is 5.52. The first kappa shape index (κ1) is 14.7. The van der Waals surface area contributed by atoms with Gasteiger partial charge >= 0.3 is 0 Å². The fourth-order valence-corrected chi connectivity index (χ4v) is 1.32. The van der Waals surface area contributed by atoms with Crippen LogP contribution >= 0.6 is 0 Å². The Kier molecular flexibility index (Phi) is 4.48. The summed E-state index contributed by atoms with van der Waals surface area (Å²) in [6.07, 6.45) is 0. The maximum atomic E-state index is 13.5. The molecule has 0 fully saturated rings. The summed E-state index contributed by atoms with van der Waals surface area (Å²) in [7, 11) is 1.55. The van der Waals surface area contributed by atoms with E-state index in [9.17, 15) is 8.78 Å². The lowest BCUT2D eigenvalue weighted by Crippen LogP contribution is -2.25. The van der Waals surface area contributed by atoms with Crippen molar-refractivity contribution < 1.29 is 8.78 Å². The normalized spacial score (nSPS) is 13.3. The Bertz CT molecular complexity index is 413. The van der Waals surface area contributed by atoms with E-state index in [1.165, 1.54) is 0 Å². The van der Waals surface area contributed by atoms with Crippen LogP contribution in [0.2, 0.25) is 0 Å². The molecule has 2 N–H and O–H groups in total. The molecule has 1 unspecified atom stereocenters. The molecule has 0 bridgehead atoms. The lowest BCUT2D eigenvalue weighted by atomic mass is 9.82. The molecule has 1 rings (SSSR count). The molecule has 5 heteroatoms. The third-order valence-corrected chi connectivity index (χ3v) is 3.22. The number of halogens is 2. The molecule has 0 saturated heterocycles. The molecule has 0 spiro atoms. The van der Waals surface area contributed by atoms with Gasteiger partial charge in [-0.05, 0) is 11.3 Å². The summed E-state index contributed by atoms with van der Waals surface area (Å²) >= 11 is 0. The average Bonchev–Trinajstić information content (AvgIpc) is 2.26. The second-order valence-corrected chi connectivity index (χ2v) is 5.55. The largest absolute Gasteiger partial charge is 0.371 e. The van der Waals surface area contributed by atoms with E-state index in [4.69, 9.17) is 0 Å². The molecule has 102 valence electrons. The quantitative estimate of drug-likeness (QED) is 0.867. The van der Waals surface area contributed by atoms with E-state index < -0.39 is 11.6 Å². The predicted molar refractivity (Wildman–Crippen MR) is 70.8 cm³/mol. The van der Waals surface area contributed by atoms with E-state index in [2.05, 4.69) is 43.3 Å². The number of aromatic nitrogens is 1. The number of rotatable bonds is 4. The highest BCUT2D eigenvalue weighted by Gasteiger charge is 2.20. The van der Waals surface area contributed by atoms with Gasteiger partial charge in [0.2, 0.25) is 0 Å². The highest BCUT2D eigenvalue weighted by Crippen LogP contribution is 2.26. The van der Waals surface area contributed by atoms with Crippen molar-refractivity contribution in [3.63, 3.8) is 0 Å². The van der Waals surface area contributed by atoms with Crippen LogP contribution in [0.1, 0.15) is 27.7 Å². The number of hydrogen-bond acceptors (Lipinski definition) is 3. The average molecular weight is 257 g/mol. The molecule has 18 heavy (non-hydrogen) atoms. The summed E-state index contributed by atoms with van der Waals surface area (Å²) in [4.78, 5) is 3.87. The zero-order valence-corrected chi connectivity index (χ0v) is 11.6. The minimum absolute atomic E-state index is 0.0438. The Morgan fingerprint density at radius 3 is 2.28 bits per heavy atom. The molecule has 1 aromatic heterocycles. The van der Waals surface area contributed by atoms with Crippen molar-refractivity contribution in [2.45, 2.75) is 27.7 Å². The number of pyridine rings is 1. The van der Waals surface area contributed by atoms with E-state index in [1.807, 2.05) is 0 Å². The molecule has 0 aromatic carbocycles. The first-order valence-corrected chi connectivity index (χ1v) is 6.03. The van der Waals surface area contributed by atoms with Gasteiger partial charge in [0.05, 0.1) is 0 Å². The standard InChI is InChI=1S/C13H21F2N3/c1-8(13(2,3)4)7-17-12-10(15)6-9(14)11(16-5)18-12/h6,8H,7H2,1-5H3,(H2,16,17,18). The fraction of sp³-hybridized carbons (Fsp3) is 0.615. The summed E-state index contributed by atoms with van der Waals surface area (Å²) in [6, 6.07) is 0.836. The Morgan fingerprint density at radius 1 is 1.22 bits per heavy atom. The van der Waals surface area contributed by atoms with Crippen LogP contribution in [0, 0.1) is 23.0 Å². The van der Waals surface area contributed by atoms with E-state index in [0.29, 0.717) is 12.5 Å². The molecular weight excluding hydrogens is 236 g/mol. The van der Waals surface area contributed by atoms with Gasteiger partial charge in [-0.1, -0.05) is 27.7 Å². The Balaban J connectivity index is 2.79. The van der Waals surface area contributed by atoms with E-state index in [0.717, 1.165) is 6.07 Å². The molecule has 1 aromatic rings. The lowest BCUT2D eigenvalue weighted by Gasteiger charge is -2.27. The van der Waals surface area contributed by atoms with Gasteiger partial charge in [-0.25, -0.2) is 13.8 Å². The number of nitrogens with one attached hydrogen (secondary N) is 2. The molecule has 1 heterocycles. The molecule has 0 aliphatic rings. The van der Waals surface area contributed by atoms with Gasteiger partial charge < -0.3 is 10.6 Å². The van der Waals surface area contributed by atoms with Crippen LogP contribution in [-0.2, 0) is 0 Å². The molecule has 0 amide bonds. The zero-order chi connectivity index (χ0) is 13.9. The molecule has 0 aliphatic heterocycles. The Hall–Kier alpha value is -1.39. The lowest BCUT2D eigenvalue weighted by molar-refractivity contribution is 0.274. The van der Waals surface area contributed by atoms with Crippen molar-refractivity contribution in [3.05, 3.63) is 17.7 Å². The maximum Gasteiger partial charge on any atom is 0.168 e. The Morgan fingerprint density at radius 2 is 1.78 bits per heavy atom. The summed E-state index contributed by atoms with van der Waals surface area (Å²) in [5.74, 6) is -0.905. The Labute approximate surface area is 107 Å². The highest BCUT2D eigenvalue weighted by atomic mass is 19.1. The summed E-state index contributed by atoms with van der Waals surface area (Å²) in [6.45, 7) is 9.02. The molecule has 0 radical (unpaired) electrons. The van der Waals surface area contributed by atoms with Gasteiger partial charge in [0.15, 0.2) is 23.3 Å². The van der Waals surface area contributed by atoms with Crippen LogP contribution < -0.4 is 10.6 Å². The van der Waals surface area contributed by atoms with Gasteiger partial charge in [-0.15, -0.1) is 0 Å². The topological polar surface area (TPSA) is 37.0 Å². The summed E-state index contributed by atoms with van der Waals surface area (Å²) < 4.78 is 26.7. The van der Waals surface area contributed by atoms with Crippen LogP contribution in [0.25, 0.3) is 0 Å². The third-order valence-electron chi connectivity index (χ3n) is 3.22. The maximum absolute atomic E-state index is 13.5.